The number of aromatic nitrogens is 5. The summed E-state index contributed by atoms with van der Waals surface area (Å²) < 4.78 is 28.4. The van der Waals surface area contributed by atoms with Crippen LogP contribution in [0.15, 0.2) is 54.7 Å². The van der Waals surface area contributed by atoms with Gasteiger partial charge in [0.2, 0.25) is 5.91 Å². The normalized spacial score (nSPS) is 15.0. The van der Waals surface area contributed by atoms with Crippen molar-refractivity contribution in [1.29, 1.82) is 0 Å². The molecule has 2 aromatic heterocycles. The van der Waals surface area contributed by atoms with E-state index in [0.717, 1.165) is 27.6 Å². The second-order valence-corrected chi connectivity index (χ2v) is 8.17. The highest BCUT2D eigenvalue weighted by Crippen LogP contribution is 2.30. The first-order valence-corrected chi connectivity index (χ1v) is 10.7. The minimum Gasteiger partial charge on any atom is -0.360 e. The Labute approximate surface area is 188 Å². The number of halogens is 2. The standard InChI is InChI=1S/C24H22F2N6O/c1-15-28-29-30-32(15)23(12-16-2-4-18(25)5-3-16)24(33)31-10-8-17(9-11-31)21-14-27-22-13-19(26)6-7-20(21)22/h2-8,13-14,23,27H,9-12H2,1H3. The molecule has 0 spiro atoms. The van der Waals surface area contributed by atoms with Crippen LogP contribution in [0.2, 0.25) is 0 Å². The van der Waals surface area contributed by atoms with Crippen molar-refractivity contribution in [2.24, 2.45) is 0 Å². The first kappa shape index (κ1) is 21.0. The highest BCUT2D eigenvalue weighted by Gasteiger charge is 2.30. The number of benzene rings is 2. The molecule has 0 bridgehead atoms. The molecule has 0 aliphatic carbocycles. The van der Waals surface area contributed by atoms with E-state index in [-0.39, 0.29) is 17.5 Å². The number of fused-ring (bicyclic) bond motifs is 1. The minimum atomic E-state index is -0.628. The minimum absolute atomic E-state index is 0.0916. The average Bonchev–Trinajstić information content (AvgIpc) is 3.44. The third kappa shape index (κ3) is 4.13. The summed E-state index contributed by atoms with van der Waals surface area (Å²) in [6.45, 7) is 2.74. The third-order valence-corrected chi connectivity index (χ3v) is 6.09. The lowest BCUT2D eigenvalue weighted by atomic mass is 9.98. The smallest absolute Gasteiger partial charge is 0.248 e. The van der Waals surface area contributed by atoms with Crippen LogP contribution in [0.3, 0.4) is 0 Å². The molecule has 7 nitrogen and oxygen atoms in total. The van der Waals surface area contributed by atoms with E-state index in [2.05, 4.69) is 20.5 Å². The van der Waals surface area contributed by atoms with Crippen molar-refractivity contribution in [3.63, 3.8) is 0 Å². The van der Waals surface area contributed by atoms with Crippen LogP contribution in [0, 0.1) is 18.6 Å². The number of nitrogens with one attached hydrogen (secondary N) is 1. The summed E-state index contributed by atoms with van der Waals surface area (Å²) in [6.07, 6.45) is 4.95. The fraction of sp³-hybridized carbons (Fsp3) is 0.250. The van der Waals surface area contributed by atoms with Crippen LogP contribution in [0.4, 0.5) is 8.78 Å². The summed E-state index contributed by atoms with van der Waals surface area (Å²) in [6, 6.07) is 10.2. The van der Waals surface area contributed by atoms with Gasteiger partial charge in [-0.25, -0.2) is 13.5 Å². The van der Waals surface area contributed by atoms with Crippen molar-refractivity contribution >= 4 is 22.4 Å². The molecule has 0 saturated heterocycles. The number of amides is 1. The van der Waals surface area contributed by atoms with Gasteiger partial charge in [0.15, 0.2) is 0 Å². The summed E-state index contributed by atoms with van der Waals surface area (Å²) >= 11 is 0. The molecule has 168 valence electrons. The molecule has 9 heteroatoms. The quantitative estimate of drug-likeness (QED) is 0.503. The molecule has 33 heavy (non-hydrogen) atoms. The maximum absolute atomic E-state index is 13.5. The molecule has 0 fully saturated rings. The van der Waals surface area contributed by atoms with Gasteiger partial charge in [-0.15, -0.1) is 5.10 Å². The van der Waals surface area contributed by atoms with Crippen LogP contribution in [-0.2, 0) is 11.2 Å². The molecule has 1 N–H and O–H groups in total. The lowest BCUT2D eigenvalue weighted by Gasteiger charge is -2.30. The Bertz CT molecular complexity index is 1340. The van der Waals surface area contributed by atoms with Crippen LogP contribution < -0.4 is 0 Å². The van der Waals surface area contributed by atoms with Gasteiger partial charge in [-0.05, 0) is 65.2 Å². The summed E-state index contributed by atoms with van der Waals surface area (Å²) in [5.41, 5.74) is 3.71. The van der Waals surface area contributed by atoms with Gasteiger partial charge in [0.1, 0.15) is 23.5 Å². The predicted molar refractivity (Wildman–Crippen MR) is 119 cm³/mol. The van der Waals surface area contributed by atoms with Gasteiger partial charge in [0.05, 0.1) is 0 Å². The largest absolute Gasteiger partial charge is 0.360 e. The zero-order valence-electron chi connectivity index (χ0n) is 18.0. The maximum atomic E-state index is 13.5. The molecular weight excluding hydrogens is 426 g/mol. The average molecular weight is 448 g/mol. The molecule has 5 rings (SSSR count). The number of carbonyl (C=O) groups is 1. The number of nitrogens with zero attached hydrogens (tertiary/aromatic N) is 5. The number of H-pyrrole nitrogens is 1. The Morgan fingerprint density at radius 1 is 1.15 bits per heavy atom. The molecule has 3 heterocycles. The van der Waals surface area contributed by atoms with E-state index >= 15 is 0 Å². The van der Waals surface area contributed by atoms with Crippen molar-refractivity contribution in [3.8, 4) is 0 Å². The van der Waals surface area contributed by atoms with E-state index in [1.165, 1.54) is 28.9 Å². The second-order valence-electron chi connectivity index (χ2n) is 8.17. The second kappa shape index (κ2) is 8.57. The lowest BCUT2D eigenvalue weighted by molar-refractivity contribution is -0.134. The van der Waals surface area contributed by atoms with Crippen LogP contribution in [0.5, 0.6) is 0 Å². The van der Waals surface area contributed by atoms with E-state index < -0.39 is 6.04 Å². The van der Waals surface area contributed by atoms with E-state index in [1.807, 2.05) is 12.3 Å². The van der Waals surface area contributed by atoms with E-state index in [1.54, 1.807) is 30.0 Å². The van der Waals surface area contributed by atoms with Gasteiger partial charge < -0.3 is 9.88 Å². The SMILES string of the molecule is Cc1nnnn1C(Cc1ccc(F)cc1)C(=O)N1CC=C(c2c[nH]c3cc(F)ccc23)CC1. The first-order valence-electron chi connectivity index (χ1n) is 10.7. The Morgan fingerprint density at radius 3 is 2.64 bits per heavy atom. The summed E-state index contributed by atoms with van der Waals surface area (Å²) in [4.78, 5) is 18.4. The Hall–Kier alpha value is -3.88. The third-order valence-electron chi connectivity index (χ3n) is 6.09. The number of hydrogen-bond acceptors (Lipinski definition) is 4. The lowest BCUT2D eigenvalue weighted by Crippen LogP contribution is -2.41. The van der Waals surface area contributed by atoms with Crippen LogP contribution in [0.25, 0.3) is 16.5 Å². The molecule has 1 aliphatic rings. The number of hydrogen-bond donors (Lipinski definition) is 1. The number of aromatic amines is 1. The molecule has 1 aliphatic heterocycles. The molecule has 4 aromatic rings. The van der Waals surface area contributed by atoms with Gasteiger partial charge in [-0.1, -0.05) is 18.2 Å². The van der Waals surface area contributed by atoms with Crippen molar-refractivity contribution in [3.05, 3.63) is 83.3 Å². The number of aryl methyl sites for hydroxylation is 1. The van der Waals surface area contributed by atoms with Crippen LogP contribution >= 0.6 is 0 Å². The van der Waals surface area contributed by atoms with Gasteiger partial charge in [-0.3, -0.25) is 4.79 Å². The Morgan fingerprint density at radius 2 is 1.94 bits per heavy atom. The van der Waals surface area contributed by atoms with Crippen LogP contribution in [0.1, 0.15) is 29.4 Å². The predicted octanol–water partition coefficient (Wildman–Crippen LogP) is 3.84. The molecule has 0 saturated carbocycles. The molecule has 0 radical (unpaired) electrons. The maximum Gasteiger partial charge on any atom is 0.248 e. The van der Waals surface area contributed by atoms with Gasteiger partial charge in [-0.2, -0.15) is 0 Å². The highest BCUT2D eigenvalue weighted by atomic mass is 19.1. The molecule has 2 aromatic carbocycles. The first-order chi connectivity index (χ1) is 16.0. The number of rotatable bonds is 5. The zero-order valence-corrected chi connectivity index (χ0v) is 18.0. The fourth-order valence-corrected chi connectivity index (χ4v) is 4.34. The molecule has 1 unspecified atom stereocenters. The number of carbonyl (C=O) groups excluding carboxylic acids is 1. The summed E-state index contributed by atoms with van der Waals surface area (Å²) in [5, 5.41) is 12.6. The molecule has 1 amide bonds. The van der Waals surface area contributed by atoms with Crippen molar-refractivity contribution in [2.75, 3.05) is 13.1 Å². The van der Waals surface area contributed by atoms with E-state index in [0.29, 0.717) is 31.8 Å². The summed E-state index contributed by atoms with van der Waals surface area (Å²) in [7, 11) is 0. The topological polar surface area (TPSA) is 79.7 Å². The van der Waals surface area contributed by atoms with Crippen molar-refractivity contribution < 1.29 is 13.6 Å². The Balaban J connectivity index is 1.38. The zero-order chi connectivity index (χ0) is 22.9. The van der Waals surface area contributed by atoms with Crippen molar-refractivity contribution in [2.45, 2.75) is 25.8 Å². The van der Waals surface area contributed by atoms with Gasteiger partial charge in [0, 0.05) is 42.2 Å². The number of tetrazole rings is 1. The summed E-state index contributed by atoms with van der Waals surface area (Å²) in [5.74, 6) is -0.162. The van der Waals surface area contributed by atoms with Gasteiger partial charge in [0.25, 0.3) is 0 Å². The Kier molecular flexibility index (Phi) is 5.45. The monoisotopic (exact) mass is 448 g/mol. The molecular formula is C24H22F2N6O. The van der Waals surface area contributed by atoms with Crippen molar-refractivity contribution in [1.82, 2.24) is 30.1 Å². The highest BCUT2D eigenvalue weighted by molar-refractivity contribution is 5.93. The van der Waals surface area contributed by atoms with Gasteiger partial charge >= 0.3 is 0 Å². The van der Waals surface area contributed by atoms with E-state index in [9.17, 15) is 13.6 Å². The van der Waals surface area contributed by atoms with E-state index in [4.69, 9.17) is 0 Å². The fourth-order valence-electron chi connectivity index (χ4n) is 4.34. The van der Waals surface area contributed by atoms with Crippen LogP contribution in [-0.4, -0.2) is 49.1 Å². The molecule has 1 atom stereocenters.